The van der Waals surface area contributed by atoms with Crippen LogP contribution in [0.2, 0.25) is 0 Å². The maximum Gasteiger partial charge on any atom is 0.155 e. The van der Waals surface area contributed by atoms with E-state index in [-0.39, 0.29) is 31.6 Å². The zero-order valence-corrected chi connectivity index (χ0v) is 23.8. The van der Waals surface area contributed by atoms with Crippen molar-refractivity contribution in [3.63, 3.8) is 0 Å². The predicted octanol–water partition coefficient (Wildman–Crippen LogP) is 7.83. The van der Waals surface area contributed by atoms with Crippen molar-refractivity contribution in [2.75, 3.05) is 17.4 Å². The fraction of sp³-hybridized carbons (Fsp3) is 0.133. The normalized spacial score (nSPS) is 14.8. The van der Waals surface area contributed by atoms with Gasteiger partial charge in [0.05, 0.1) is 5.76 Å². The van der Waals surface area contributed by atoms with E-state index in [9.17, 15) is 4.79 Å². The smallest absolute Gasteiger partial charge is 0.155 e. The largest absolute Gasteiger partial charge is 0.512 e. The molecule has 0 amide bonds. The molecule has 2 aliphatic rings. The monoisotopic (exact) mass is 672 g/mol. The van der Waals surface area contributed by atoms with E-state index in [1.165, 1.54) is 46.5 Å². The predicted molar refractivity (Wildman–Crippen MR) is 145 cm³/mol. The summed E-state index contributed by atoms with van der Waals surface area (Å²) in [5, 5.41) is 8.36. The standard InChI is InChI=1S/C25H19N2S.C5H8O2.Ir/c1-28(2)21-14-8-13-20-23(21)24-22(28)15-16-26-25(24)18-11-6-7-12-19(18)27(20)17-9-4-3-5-10-17;1-4(6)3-5(2)7;/h3-10,12-16H,1-2H3;3,6H,1-2H3;/q-1;;/b;4-3-;. The number of para-hydroxylation sites is 1. The zero-order chi connectivity index (χ0) is 24.7. The Morgan fingerprint density at radius 3 is 2.28 bits per heavy atom. The van der Waals surface area contributed by atoms with Gasteiger partial charge in [-0.3, -0.25) is 4.79 Å². The minimum Gasteiger partial charge on any atom is -0.512 e. The minimum absolute atomic E-state index is 0. The SMILES string of the molecule is CC(=O)/C=C(/C)O.CS1(C)c2cccc3c2-c2c1ccnc2-c1[c-]cccc1N3c1ccccc1.[Ir]. The fourth-order valence-electron chi connectivity index (χ4n) is 4.88. The molecule has 0 unspecified atom stereocenters. The molecule has 6 rings (SSSR count). The van der Waals surface area contributed by atoms with Gasteiger partial charge in [-0.2, -0.15) is 10.0 Å². The minimum atomic E-state index is -1.07. The maximum absolute atomic E-state index is 10.0. The van der Waals surface area contributed by atoms with Gasteiger partial charge in [0, 0.05) is 54.2 Å². The Bertz CT molecular complexity index is 1480. The van der Waals surface area contributed by atoms with Crippen LogP contribution in [0.3, 0.4) is 0 Å². The molecule has 3 heterocycles. The van der Waals surface area contributed by atoms with Crippen molar-refractivity contribution in [3.05, 3.63) is 96.9 Å². The molecule has 3 aromatic carbocycles. The molecular weight excluding hydrogens is 645 g/mol. The molecule has 0 aliphatic carbocycles. The summed E-state index contributed by atoms with van der Waals surface area (Å²) in [6.07, 6.45) is 7.93. The molecule has 4 aromatic rings. The second-order valence-corrected chi connectivity index (χ2v) is 12.5. The summed E-state index contributed by atoms with van der Waals surface area (Å²) < 4.78 is 0. The Morgan fingerprint density at radius 1 is 0.917 bits per heavy atom. The molecular formula is C30H27IrN2O2S-. The molecule has 6 heteroatoms. The van der Waals surface area contributed by atoms with Crippen LogP contribution in [0.25, 0.3) is 22.4 Å². The Balaban J connectivity index is 0.000000338. The van der Waals surface area contributed by atoms with E-state index in [4.69, 9.17) is 10.1 Å². The number of carbonyl (C=O) groups excluding carboxylic acids is 1. The first-order chi connectivity index (χ1) is 16.8. The van der Waals surface area contributed by atoms with E-state index in [1.807, 2.05) is 12.3 Å². The average molecular weight is 672 g/mol. The molecule has 36 heavy (non-hydrogen) atoms. The number of aliphatic hydroxyl groups excluding tert-OH is 1. The summed E-state index contributed by atoms with van der Waals surface area (Å²) in [7, 11) is -1.07. The van der Waals surface area contributed by atoms with Gasteiger partial charge >= 0.3 is 0 Å². The van der Waals surface area contributed by atoms with E-state index in [0.29, 0.717) is 0 Å². The van der Waals surface area contributed by atoms with Gasteiger partial charge in [-0.25, -0.2) is 0 Å². The van der Waals surface area contributed by atoms with Crippen LogP contribution in [-0.4, -0.2) is 28.4 Å². The number of aliphatic hydroxyl groups is 1. The summed E-state index contributed by atoms with van der Waals surface area (Å²) in [4.78, 5) is 20.1. The third kappa shape index (κ3) is 4.30. The number of hydrogen-bond donors (Lipinski definition) is 1. The molecule has 1 aromatic heterocycles. The van der Waals surface area contributed by atoms with Crippen LogP contribution < -0.4 is 4.90 Å². The molecule has 185 valence electrons. The van der Waals surface area contributed by atoms with Gasteiger partial charge in [0.1, 0.15) is 0 Å². The molecule has 2 aliphatic heterocycles. The molecule has 1 N–H and O–H groups in total. The van der Waals surface area contributed by atoms with Crippen molar-refractivity contribution in [3.8, 4) is 22.4 Å². The number of anilines is 3. The van der Waals surface area contributed by atoms with Crippen molar-refractivity contribution in [2.45, 2.75) is 23.6 Å². The molecule has 0 bridgehead atoms. The number of fused-ring (bicyclic) bond motifs is 2. The number of hydrogen-bond acceptors (Lipinski definition) is 4. The van der Waals surface area contributed by atoms with Crippen LogP contribution in [0, 0.1) is 6.07 Å². The number of nitrogens with zero attached hydrogens (tertiary/aromatic N) is 2. The molecule has 0 saturated carbocycles. The van der Waals surface area contributed by atoms with Gasteiger partial charge < -0.3 is 15.0 Å². The quantitative estimate of drug-likeness (QED) is 0.118. The van der Waals surface area contributed by atoms with Gasteiger partial charge in [-0.05, 0) is 78.5 Å². The first kappa shape index (κ1) is 25.9. The first-order valence-corrected chi connectivity index (χ1v) is 13.9. The summed E-state index contributed by atoms with van der Waals surface area (Å²) >= 11 is 0. The number of pyridine rings is 1. The van der Waals surface area contributed by atoms with E-state index < -0.39 is 10.0 Å². The van der Waals surface area contributed by atoms with Crippen LogP contribution in [0.1, 0.15) is 13.8 Å². The Morgan fingerprint density at radius 2 is 1.61 bits per heavy atom. The molecule has 0 spiro atoms. The third-order valence-electron chi connectivity index (χ3n) is 6.25. The van der Waals surface area contributed by atoms with Crippen molar-refractivity contribution < 1.29 is 30.0 Å². The summed E-state index contributed by atoms with van der Waals surface area (Å²) in [6.45, 7) is 2.85. The second kappa shape index (κ2) is 10.1. The Hall–Kier alpha value is -3.18. The van der Waals surface area contributed by atoms with Crippen LogP contribution in [0.4, 0.5) is 17.1 Å². The summed E-state index contributed by atoms with van der Waals surface area (Å²) in [6, 6.07) is 29.3. The number of ketones is 1. The average Bonchev–Trinajstić information content (AvgIpc) is 2.99. The van der Waals surface area contributed by atoms with Crippen molar-refractivity contribution in [2.24, 2.45) is 0 Å². The maximum atomic E-state index is 10.0. The number of rotatable bonds is 2. The summed E-state index contributed by atoms with van der Waals surface area (Å²) in [5.74, 6) is -0.0625. The number of carbonyl (C=O) groups is 1. The number of benzene rings is 3. The molecule has 0 atom stereocenters. The zero-order valence-electron chi connectivity index (χ0n) is 20.6. The van der Waals surface area contributed by atoms with Crippen LogP contribution in [0.5, 0.6) is 0 Å². The number of allylic oxidation sites excluding steroid dienone is 2. The Kier molecular flexibility index (Phi) is 7.24. The summed E-state index contributed by atoms with van der Waals surface area (Å²) in [5.41, 5.74) is 8.29. The van der Waals surface area contributed by atoms with Gasteiger partial charge in [0.2, 0.25) is 0 Å². The molecule has 4 nitrogen and oxygen atoms in total. The van der Waals surface area contributed by atoms with Crippen molar-refractivity contribution >= 4 is 32.9 Å². The topological polar surface area (TPSA) is 53.4 Å². The fourth-order valence-corrected chi connectivity index (χ4v) is 7.37. The third-order valence-corrected chi connectivity index (χ3v) is 9.13. The Labute approximate surface area is 227 Å². The van der Waals surface area contributed by atoms with Crippen LogP contribution >= 0.6 is 10.0 Å². The first-order valence-electron chi connectivity index (χ1n) is 11.4. The molecule has 0 fully saturated rings. The van der Waals surface area contributed by atoms with E-state index in [2.05, 4.69) is 90.2 Å². The molecule has 1 radical (unpaired) electrons. The van der Waals surface area contributed by atoms with Gasteiger partial charge in [-0.1, -0.05) is 24.3 Å². The van der Waals surface area contributed by atoms with Crippen LogP contribution in [0.15, 0.2) is 101 Å². The van der Waals surface area contributed by atoms with Crippen LogP contribution in [-0.2, 0) is 24.9 Å². The van der Waals surface area contributed by atoms with E-state index in [0.717, 1.165) is 22.6 Å². The molecule has 0 saturated heterocycles. The number of aromatic nitrogens is 1. The van der Waals surface area contributed by atoms with Gasteiger partial charge in [0.25, 0.3) is 0 Å². The van der Waals surface area contributed by atoms with Crippen molar-refractivity contribution in [1.29, 1.82) is 0 Å². The van der Waals surface area contributed by atoms with Crippen molar-refractivity contribution in [1.82, 2.24) is 4.98 Å². The second-order valence-electron chi connectivity index (χ2n) is 9.01. The van der Waals surface area contributed by atoms with E-state index >= 15 is 0 Å². The van der Waals surface area contributed by atoms with Gasteiger partial charge in [0.15, 0.2) is 5.78 Å². The van der Waals surface area contributed by atoms with Gasteiger partial charge in [-0.15, -0.1) is 29.8 Å². The van der Waals surface area contributed by atoms with E-state index in [1.54, 1.807) is 0 Å².